The lowest BCUT2D eigenvalue weighted by Crippen LogP contribution is -2.24. The van der Waals surface area contributed by atoms with Crippen LogP contribution in [0.1, 0.15) is 12.5 Å². The maximum atomic E-state index is 13.5. The normalized spacial score (nSPS) is 10.2. The third kappa shape index (κ3) is 3.51. The second kappa shape index (κ2) is 5.94. The molecule has 2 aromatic rings. The fourth-order valence-corrected chi connectivity index (χ4v) is 1.65. The Hall–Kier alpha value is -2.44. The smallest absolute Gasteiger partial charge is 0.224 e. The van der Waals surface area contributed by atoms with Crippen LogP contribution in [-0.2, 0) is 11.2 Å². The standard InChI is InChI=1S/C12H12FN5O/c1-2-14-11(19)5-8-3-9(6-10(13)4-8)12-17-15-7-16-18-12/h3-4,6-7H,2,5H2,1H3,(H,14,19). The van der Waals surface area contributed by atoms with Gasteiger partial charge in [-0.2, -0.15) is 0 Å². The van der Waals surface area contributed by atoms with Crippen LogP contribution < -0.4 is 5.32 Å². The minimum atomic E-state index is -0.454. The van der Waals surface area contributed by atoms with Crippen LogP contribution in [0.2, 0.25) is 0 Å². The van der Waals surface area contributed by atoms with Gasteiger partial charge in [-0.05, 0) is 30.7 Å². The molecule has 0 saturated carbocycles. The summed E-state index contributed by atoms with van der Waals surface area (Å²) in [5.74, 6) is -0.396. The van der Waals surface area contributed by atoms with E-state index in [2.05, 4.69) is 25.7 Å². The number of nitrogens with one attached hydrogen (secondary N) is 1. The molecule has 0 bridgehead atoms. The second-order valence-corrected chi connectivity index (χ2v) is 3.85. The van der Waals surface area contributed by atoms with Gasteiger partial charge in [-0.15, -0.1) is 20.4 Å². The molecule has 2 rings (SSSR count). The highest BCUT2D eigenvalue weighted by Crippen LogP contribution is 2.17. The number of halogens is 1. The third-order valence-corrected chi connectivity index (χ3v) is 2.36. The van der Waals surface area contributed by atoms with E-state index < -0.39 is 5.82 Å². The van der Waals surface area contributed by atoms with Crippen LogP contribution in [-0.4, -0.2) is 32.8 Å². The predicted octanol–water partition coefficient (Wildman–Crippen LogP) is 0.751. The quantitative estimate of drug-likeness (QED) is 0.878. The van der Waals surface area contributed by atoms with Crippen molar-refractivity contribution in [3.63, 3.8) is 0 Å². The van der Waals surface area contributed by atoms with Crippen LogP contribution in [0.25, 0.3) is 11.4 Å². The zero-order valence-corrected chi connectivity index (χ0v) is 10.3. The summed E-state index contributed by atoms with van der Waals surface area (Å²) in [4.78, 5) is 11.5. The molecular formula is C12H12FN5O. The molecule has 1 heterocycles. The second-order valence-electron chi connectivity index (χ2n) is 3.85. The molecular weight excluding hydrogens is 249 g/mol. The highest BCUT2D eigenvalue weighted by atomic mass is 19.1. The Bertz CT molecular complexity index is 576. The Morgan fingerprint density at radius 3 is 2.68 bits per heavy atom. The van der Waals surface area contributed by atoms with Gasteiger partial charge in [0.2, 0.25) is 11.7 Å². The molecule has 0 saturated heterocycles. The molecule has 7 heteroatoms. The van der Waals surface area contributed by atoms with Gasteiger partial charge in [0, 0.05) is 12.1 Å². The topological polar surface area (TPSA) is 80.7 Å². The van der Waals surface area contributed by atoms with Gasteiger partial charge in [0.05, 0.1) is 6.42 Å². The van der Waals surface area contributed by atoms with Crippen LogP contribution in [0, 0.1) is 5.82 Å². The molecule has 0 aliphatic heterocycles. The van der Waals surface area contributed by atoms with E-state index in [-0.39, 0.29) is 18.2 Å². The van der Waals surface area contributed by atoms with Crippen LogP contribution >= 0.6 is 0 Å². The van der Waals surface area contributed by atoms with Crippen molar-refractivity contribution in [1.82, 2.24) is 25.7 Å². The van der Waals surface area contributed by atoms with E-state index in [0.29, 0.717) is 17.7 Å². The van der Waals surface area contributed by atoms with Crippen molar-refractivity contribution in [1.29, 1.82) is 0 Å². The molecule has 0 spiro atoms. The van der Waals surface area contributed by atoms with E-state index in [9.17, 15) is 9.18 Å². The number of amides is 1. The zero-order chi connectivity index (χ0) is 13.7. The van der Waals surface area contributed by atoms with Crippen molar-refractivity contribution in [2.45, 2.75) is 13.3 Å². The van der Waals surface area contributed by atoms with E-state index in [1.54, 1.807) is 6.07 Å². The van der Waals surface area contributed by atoms with E-state index in [0.717, 1.165) is 0 Å². The van der Waals surface area contributed by atoms with Gasteiger partial charge in [-0.3, -0.25) is 4.79 Å². The van der Waals surface area contributed by atoms with Gasteiger partial charge in [-0.25, -0.2) is 4.39 Å². The summed E-state index contributed by atoms with van der Waals surface area (Å²) in [5.41, 5.74) is 0.994. The molecule has 0 aliphatic carbocycles. The van der Waals surface area contributed by atoms with Crippen molar-refractivity contribution < 1.29 is 9.18 Å². The molecule has 1 amide bonds. The highest BCUT2D eigenvalue weighted by molar-refractivity contribution is 5.79. The first-order chi connectivity index (χ1) is 9.19. The Balaban J connectivity index is 2.27. The van der Waals surface area contributed by atoms with Crippen molar-refractivity contribution in [2.24, 2.45) is 0 Å². The lowest BCUT2D eigenvalue weighted by atomic mass is 10.1. The first-order valence-corrected chi connectivity index (χ1v) is 5.76. The summed E-state index contributed by atoms with van der Waals surface area (Å²) in [6, 6.07) is 4.24. The Morgan fingerprint density at radius 2 is 2.00 bits per heavy atom. The summed E-state index contributed by atoms with van der Waals surface area (Å²) in [7, 11) is 0. The summed E-state index contributed by atoms with van der Waals surface area (Å²) in [5, 5.41) is 17.3. The number of aromatic nitrogens is 4. The fourth-order valence-electron chi connectivity index (χ4n) is 1.65. The maximum Gasteiger partial charge on any atom is 0.224 e. The molecule has 6 nitrogen and oxygen atoms in total. The van der Waals surface area contributed by atoms with E-state index in [1.807, 2.05) is 6.92 Å². The van der Waals surface area contributed by atoms with Crippen LogP contribution in [0.4, 0.5) is 4.39 Å². The minimum absolute atomic E-state index is 0.103. The first-order valence-electron chi connectivity index (χ1n) is 5.76. The molecule has 98 valence electrons. The summed E-state index contributed by atoms with van der Waals surface area (Å²) >= 11 is 0. The van der Waals surface area contributed by atoms with Gasteiger partial charge >= 0.3 is 0 Å². The van der Waals surface area contributed by atoms with Crippen molar-refractivity contribution in [2.75, 3.05) is 6.54 Å². The average molecular weight is 261 g/mol. The van der Waals surface area contributed by atoms with Gasteiger partial charge in [0.15, 0.2) is 6.33 Å². The van der Waals surface area contributed by atoms with Crippen molar-refractivity contribution in [3.8, 4) is 11.4 Å². The number of hydrogen-bond acceptors (Lipinski definition) is 5. The van der Waals surface area contributed by atoms with Crippen molar-refractivity contribution >= 4 is 5.91 Å². The number of benzene rings is 1. The molecule has 1 aromatic carbocycles. The summed E-state index contributed by atoms with van der Waals surface area (Å²) < 4.78 is 13.5. The maximum absolute atomic E-state index is 13.5. The first kappa shape index (κ1) is 13.0. The van der Waals surface area contributed by atoms with Crippen LogP contribution in [0.15, 0.2) is 24.5 Å². The predicted molar refractivity (Wildman–Crippen MR) is 65.4 cm³/mol. The monoisotopic (exact) mass is 261 g/mol. The minimum Gasteiger partial charge on any atom is -0.356 e. The number of nitrogens with zero attached hydrogens (tertiary/aromatic N) is 4. The van der Waals surface area contributed by atoms with E-state index in [1.165, 1.54) is 18.5 Å². The fraction of sp³-hybridized carbons (Fsp3) is 0.250. The van der Waals surface area contributed by atoms with Crippen LogP contribution in [0.5, 0.6) is 0 Å². The SMILES string of the molecule is CCNC(=O)Cc1cc(F)cc(-c2nncnn2)c1. The number of likely N-dealkylation sites (N-methyl/N-ethyl adjacent to an activating group) is 1. The van der Waals surface area contributed by atoms with Gasteiger partial charge in [0.1, 0.15) is 5.82 Å². The summed E-state index contributed by atoms with van der Waals surface area (Å²) in [6.07, 6.45) is 1.30. The van der Waals surface area contributed by atoms with E-state index in [4.69, 9.17) is 0 Å². The number of hydrogen-bond donors (Lipinski definition) is 1. The number of carbonyl (C=O) groups is 1. The Kier molecular flexibility index (Phi) is 4.07. The van der Waals surface area contributed by atoms with E-state index >= 15 is 0 Å². The molecule has 0 atom stereocenters. The Labute approximate surface area is 109 Å². The van der Waals surface area contributed by atoms with Gasteiger partial charge in [-0.1, -0.05) is 0 Å². The molecule has 1 N–H and O–H groups in total. The molecule has 0 fully saturated rings. The summed E-state index contributed by atoms with van der Waals surface area (Å²) in [6.45, 7) is 2.36. The van der Waals surface area contributed by atoms with Crippen LogP contribution in [0.3, 0.4) is 0 Å². The number of rotatable bonds is 4. The molecule has 0 aliphatic rings. The molecule has 19 heavy (non-hydrogen) atoms. The van der Waals surface area contributed by atoms with Gasteiger partial charge in [0.25, 0.3) is 0 Å². The largest absolute Gasteiger partial charge is 0.356 e. The Morgan fingerprint density at radius 1 is 1.26 bits per heavy atom. The zero-order valence-electron chi connectivity index (χ0n) is 10.3. The lowest BCUT2D eigenvalue weighted by Gasteiger charge is -2.05. The number of carbonyl (C=O) groups excluding carboxylic acids is 1. The van der Waals surface area contributed by atoms with Crippen molar-refractivity contribution in [3.05, 3.63) is 35.9 Å². The molecule has 0 unspecified atom stereocenters. The molecule has 0 radical (unpaired) electrons. The average Bonchev–Trinajstić information content (AvgIpc) is 2.39. The third-order valence-electron chi connectivity index (χ3n) is 2.36. The van der Waals surface area contributed by atoms with Gasteiger partial charge < -0.3 is 5.32 Å². The highest BCUT2D eigenvalue weighted by Gasteiger charge is 2.09. The lowest BCUT2D eigenvalue weighted by molar-refractivity contribution is -0.120. The molecule has 1 aromatic heterocycles.